The first-order valence-corrected chi connectivity index (χ1v) is 7.03. The number of nitrogens with two attached hydrogens (primary N) is 1. The normalized spacial score (nSPS) is 25.2. The van der Waals surface area contributed by atoms with E-state index in [-0.39, 0.29) is 23.8 Å². The van der Waals surface area contributed by atoms with Gasteiger partial charge in [0.1, 0.15) is 0 Å². The van der Waals surface area contributed by atoms with Crippen LogP contribution >= 0.6 is 0 Å². The van der Waals surface area contributed by atoms with Crippen LogP contribution in [0, 0.1) is 12.8 Å². The first-order valence-electron chi connectivity index (χ1n) is 7.03. The molecule has 106 valence electrons. The van der Waals surface area contributed by atoms with Crippen LogP contribution < -0.4 is 11.1 Å². The number of nitrogen functional groups attached to an aromatic ring is 1. The third-order valence-corrected chi connectivity index (χ3v) is 4.30. The van der Waals surface area contributed by atoms with Crippen molar-refractivity contribution in [3.63, 3.8) is 0 Å². The Hall–Kier alpha value is -2.04. The Kier molecular flexibility index (Phi) is 3.12. The molecule has 1 aromatic carbocycles. The largest absolute Gasteiger partial charge is 0.398 e. The van der Waals surface area contributed by atoms with Crippen molar-refractivity contribution >= 4 is 17.5 Å². The lowest BCUT2D eigenvalue weighted by Gasteiger charge is -2.36. The van der Waals surface area contributed by atoms with Crippen molar-refractivity contribution in [2.75, 3.05) is 18.8 Å². The quantitative estimate of drug-likeness (QED) is 0.747. The van der Waals surface area contributed by atoms with Crippen molar-refractivity contribution < 1.29 is 9.59 Å². The Morgan fingerprint density at radius 1 is 1.45 bits per heavy atom. The molecule has 2 saturated heterocycles. The van der Waals surface area contributed by atoms with Crippen molar-refractivity contribution in [1.82, 2.24) is 10.2 Å². The van der Waals surface area contributed by atoms with E-state index in [0.717, 1.165) is 18.4 Å². The molecule has 20 heavy (non-hydrogen) atoms. The third-order valence-electron chi connectivity index (χ3n) is 4.30. The minimum atomic E-state index is -0.0580. The first kappa shape index (κ1) is 13.0. The molecule has 0 radical (unpaired) electrons. The van der Waals surface area contributed by atoms with Crippen LogP contribution in [0.4, 0.5) is 5.69 Å². The minimum Gasteiger partial charge on any atom is -0.398 e. The average molecular weight is 273 g/mol. The average Bonchev–Trinajstić information content (AvgIpc) is 2.83. The van der Waals surface area contributed by atoms with E-state index in [4.69, 9.17) is 5.73 Å². The molecule has 1 aromatic rings. The van der Waals surface area contributed by atoms with Crippen LogP contribution in [0.3, 0.4) is 0 Å². The Morgan fingerprint density at radius 2 is 2.25 bits per heavy atom. The lowest BCUT2D eigenvalue weighted by atomic mass is 9.90. The summed E-state index contributed by atoms with van der Waals surface area (Å²) in [6.07, 6.45) is 1.73. The van der Waals surface area contributed by atoms with Crippen LogP contribution in [0.1, 0.15) is 28.8 Å². The lowest BCUT2D eigenvalue weighted by Crippen LogP contribution is -2.48. The van der Waals surface area contributed by atoms with E-state index in [1.807, 2.05) is 24.0 Å². The molecule has 5 nitrogen and oxygen atoms in total. The van der Waals surface area contributed by atoms with Crippen molar-refractivity contribution in [3.05, 3.63) is 29.3 Å². The number of amides is 2. The van der Waals surface area contributed by atoms with Crippen LogP contribution in [-0.4, -0.2) is 35.8 Å². The highest BCUT2D eigenvalue weighted by Gasteiger charge is 2.42. The topological polar surface area (TPSA) is 75.4 Å². The zero-order chi connectivity index (χ0) is 14.3. The highest BCUT2D eigenvalue weighted by molar-refractivity contribution is 6.00. The number of benzene rings is 1. The Bertz CT molecular complexity index is 570. The number of fused-ring (bicyclic) bond motifs is 1. The van der Waals surface area contributed by atoms with Crippen molar-refractivity contribution in [3.8, 4) is 0 Å². The van der Waals surface area contributed by atoms with Gasteiger partial charge in [0, 0.05) is 18.8 Å². The van der Waals surface area contributed by atoms with Crippen LogP contribution in [0.25, 0.3) is 0 Å². The minimum absolute atomic E-state index is 0.0244. The second kappa shape index (κ2) is 4.81. The van der Waals surface area contributed by atoms with Gasteiger partial charge >= 0.3 is 0 Å². The fraction of sp³-hybridized carbons (Fsp3) is 0.467. The molecule has 2 heterocycles. The van der Waals surface area contributed by atoms with Gasteiger partial charge in [0.05, 0.1) is 17.5 Å². The van der Waals surface area contributed by atoms with Gasteiger partial charge < -0.3 is 16.0 Å². The molecule has 0 bridgehead atoms. The number of hydrogen-bond donors (Lipinski definition) is 2. The van der Waals surface area contributed by atoms with Gasteiger partial charge in [-0.2, -0.15) is 0 Å². The Morgan fingerprint density at radius 3 is 3.05 bits per heavy atom. The van der Waals surface area contributed by atoms with E-state index < -0.39 is 0 Å². The molecule has 0 aliphatic carbocycles. The summed E-state index contributed by atoms with van der Waals surface area (Å²) in [6, 6.07) is 5.46. The molecule has 0 aromatic heterocycles. The highest BCUT2D eigenvalue weighted by Crippen LogP contribution is 2.29. The molecule has 3 rings (SSSR count). The number of carbonyl (C=O) groups is 2. The van der Waals surface area contributed by atoms with Crippen LogP contribution in [0.5, 0.6) is 0 Å². The summed E-state index contributed by atoms with van der Waals surface area (Å²) in [7, 11) is 0. The Balaban J connectivity index is 1.90. The van der Waals surface area contributed by atoms with Gasteiger partial charge in [-0.15, -0.1) is 0 Å². The van der Waals surface area contributed by atoms with E-state index in [0.29, 0.717) is 24.3 Å². The summed E-state index contributed by atoms with van der Waals surface area (Å²) in [5.41, 5.74) is 7.99. The molecule has 2 aliphatic rings. The first-order chi connectivity index (χ1) is 9.58. The maximum atomic E-state index is 12.7. The molecule has 3 N–H and O–H groups in total. The monoisotopic (exact) mass is 273 g/mol. The molecule has 2 fully saturated rings. The SMILES string of the molecule is Cc1ccc(N)c(C(=O)N2CCCC3C(=O)NCC32)c1. The summed E-state index contributed by atoms with van der Waals surface area (Å²) < 4.78 is 0. The van der Waals surface area contributed by atoms with Gasteiger partial charge in [-0.25, -0.2) is 0 Å². The van der Waals surface area contributed by atoms with Crippen LogP contribution in [0.15, 0.2) is 18.2 Å². The molecule has 0 spiro atoms. The number of aryl methyl sites for hydroxylation is 1. The zero-order valence-electron chi connectivity index (χ0n) is 11.6. The number of likely N-dealkylation sites (tertiary alicyclic amines) is 1. The Labute approximate surface area is 118 Å². The second-order valence-corrected chi connectivity index (χ2v) is 5.65. The van der Waals surface area contributed by atoms with Crippen LogP contribution in [0.2, 0.25) is 0 Å². The van der Waals surface area contributed by atoms with Gasteiger partial charge in [-0.3, -0.25) is 9.59 Å². The number of nitrogens with one attached hydrogen (secondary N) is 1. The van der Waals surface area contributed by atoms with E-state index in [1.165, 1.54) is 0 Å². The number of rotatable bonds is 1. The molecule has 2 amide bonds. The van der Waals surface area contributed by atoms with E-state index >= 15 is 0 Å². The van der Waals surface area contributed by atoms with Gasteiger partial charge in [0.25, 0.3) is 5.91 Å². The summed E-state index contributed by atoms with van der Waals surface area (Å²) in [5.74, 6) is -0.0409. The van der Waals surface area contributed by atoms with E-state index in [1.54, 1.807) is 6.07 Å². The van der Waals surface area contributed by atoms with Gasteiger partial charge in [0.15, 0.2) is 0 Å². The van der Waals surface area contributed by atoms with Gasteiger partial charge in [-0.1, -0.05) is 11.6 Å². The molecular weight excluding hydrogens is 254 g/mol. The summed E-state index contributed by atoms with van der Waals surface area (Å²) in [4.78, 5) is 26.3. The number of carbonyl (C=O) groups excluding carboxylic acids is 2. The second-order valence-electron chi connectivity index (χ2n) is 5.65. The summed E-state index contributed by atoms with van der Waals surface area (Å²) >= 11 is 0. The smallest absolute Gasteiger partial charge is 0.256 e. The zero-order valence-corrected chi connectivity index (χ0v) is 11.6. The lowest BCUT2D eigenvalue weighted by molar-refractivity contribution is -0.123. The number of nitrogens with zero attached hydrogens (tertiary/aromatic N) is 1. The fourth-order valence-corrected chi connectivity index (χ4v) is 3.21. The van der Waals surface area contributed by atoms with Gasteiger partial charge in [-0.05, 0) is 31.9 Å². The fourth-order valence-electron chi connectivity index (χ4n) is 3.21. The molecule has 0 saturated carbocycles. The highest BCUT2D eigenvalue weighted by atomic mass is 16.2. The van der Waals surface area contributed by atoms with Crippen molar-refractivity contribution in [1.29, 1.82) is 0 Å². The summed E-state index contributed by atoms with van der Waals surface area (Å²) in [5, 5.41) is 2.86. The predicted octanol–water partition coefficient (Wildman–Crippen LogP) is 0.928. The third kappa shape index (κ3) is 2.03. The molecule has 5 heteroatoms. The standard InChI is InChI=1S/C15H19N3O2/c1-9-4-5-12(16)11(7-9)15(20)18-6-2-3-10-13(18)8-17-14(10)19/h4-5,7,10,13H,2-3,6,8,16H2,1H3,(H,17,19). The molecular formula is C15H19N3O2. The molecule has 2 aliphatic heterocycles. The number of anilines is 1. The molecule has 2 unspecified atom stereocenters. The van der Waals surface area contributed by atoms with Crippen molar-refractivity contribution in [2.24, 2.45) is 5.92 Å². The number of piperidine rings is 1. The summed E-state index contributed by atoms with van der Waals surface area (Å²) in [6.45, 7) is 3.19. The predicted molar refractivity (Wildman–Crippen MR) is 76.1 cm³/mol. The van der Waals surface area contributed by atoms with Crippen molar-refractivity contribution in [2.45, 2.75) is 25.8 Å². The van der Waals surface area contributed by atoms with Gasteiger partial charge in [0.2, 0.25) is 5.91 Å². The number of hydrogen-bond acceptors (Lipinski definition) is 3. The van der Waals surface area contributed by atoms with E-state index in [2.05, 4.69) is 5.32 Å². The maximum absolute atomic E-state index is 12.7. The maximum Gasteiger partial charge on any atom is 0.256 e. The van der Waals surface area contributed by atoms with E-state index in [9.17, 15) is 9.59 Å². The van der Waals surface area contributed by atoms with Crippen LogP contribution in [-0.2, 0) is 4.79 Å². The molecule has 2 atom stereocenters.